The molecule has 0 bridgehead atoms. The van der Waals surface area contributed by atoms with Crippen molar-refractivity contribution in [3.8, 4) is 0 Å². The van der Waals surface area contributed by atoms with E-state index < -0.39 is 0 Å². The van der Waals surface area contributed by atoms with Crippen molar-refractivity contribution in [3.05, 3.63) is 34.2 Å². The molecule has 0 spiro atoms. The third-order valence-electron chi connectivity index (χ3n) is 2.00. The molecule has 2 aromatic rings. The quantitative estimate of drug-likeness (QED) is 0.673. The molecule has 12 heavy (non-hydrogen) atoms. The van der Waals surface area contributed by atoms with Gasteiger partial charge >= 0.3 is 0 Å². The highest BCUT2D eigenvalue weighted by Crippen LogP contribution is 2.21. The molecular weight excluding hydrogens is 216 g/mol. The lowest BCUT2D eigenvalue weighted by atomic mass is 10.3. The Morgan fingerprint density at radius 3 is 2.92 bits per heavy atom. The summed E-state index contributed by atoms with van der Waals surface area (Å²) in [6, 6.07) is 2.08. The molecule has 2 heterocycles. The fourth-order valence-electron chi connectivity index (χ4n) is 1.23. The number of aryl methyl sites for hydroxylation is 2. The highest BCUT2D eigenvalue weighted by Gasteiger charge is 2.04. The largest absolute Gasteiger partial charge is 0.303 e. The Kier molecular flexibility index (Phi) is 1.68. The fraction of sp³-hybridized carbons (Fsp3) is 0.222. The van der Waals surface area contributed by atoms with Crippen LogP contribution in [0.1, 0.15) is 11.3 Å². The number of halogens is 1. The van der Waals surface area contributed by atoms with Gasteiger partial charge in [-0.1, -0.05) is 0 Å². The van der Waals surface area contributed by atoms with Gasteiger partial charge in [0, 0.05) is 18.1 Å². The van der Waals surface area contributed by atoms with Crippen LogP contribution >= 0.6 is 15.9 Å². The second-order valence-electron chi connectivity index (χ2n) is 2.91. The summed E-state index contributed by atoms with van der Waals surface area (Å²) in [5.41, 5.74) is 3.37. The topological polar surface area (TPSA) is 17.3 Å². The molecule has 0 aliphatic rings. The Morgan fingerprint density at radius 2 is 2.17 bits per heavy atom. The van der Waals surface area contributed by atoms with Gasteiger partial charge < -0.3 is 4.40 Å². The zero-order valence-corrected chi connectivity index (χ0v) is 8.59. The van der Waals surface area contributed by atoms with E-state index in [9.17, 15) is 0 Å². The predicted octanol–water partition coefficient (Wildman–Crippen LogP) is 2.71. The van der Waals surface area contributed by atoms with Crippen LogP contribution in [0.15, 0.2) is 22.9 Å². The maximum atomic E-state index is 4.29. The van der Waals surface area contributed by atoms with Crippen molar-refractivity contribution in [3.63, 3.8) is 0 Å². The first kappa shape index (κ1) is 7.80. The molecule has 0 aliphatic heterocycles. The van der Waals surface area contributed by atoms with Crippen LogP contribution in [-0.2, 0) is 0 Å². The van der Waals surface area contributed by atoms with Gasteiger partial charge in [0.15, 0.2) is 5.65 Å². The van der Waals surface area contributed by atoms with Gasteiger partial charge in [-0.3, -0.25) is 0 Å². The molecule has 0 atom stereocenters. The number of fused-ring (bicyclic) bond motifs is 1. The van der Waals surface area contributed by atoms with E-state index >= 15 is 0 Å². The summed E-state index contributed by atoms with van der Waals surface area (Å²) >= 11 is 3.51. The molecule has 0 N–H and O–H groups in total. The summed E-state index contributed by atoms with van der Waals surface area (Å²) in [5.74, 6) is 0. The van der Waals surface area contributed by atoms with Crippen LogP contribution in [0.25, 0.3) is 5.65 Å². The summed E-state index contributed by atoms with van der Waals surface area (Å²) < 4.78 is 3.15. The van der Waals surface area contributed by atoms with Crippen LogP contribution in [0.4, 0.5) is 0 Å². The summed E-state index contributed by atoms with van der Waals surface area (Å²) in [5, 5.41) is 0. The molecule has 0 aromatic carbocycles. The fourth-order valence-corrected chi connectivity index (χ4v) is 1.66. The molecule has 62 valence electrons. The third-order valence-corrected chi connectivity index (χ3v) is 2.98. The number of nitrogens with zero attached hydrogens (tertiary/aromatic N) is 2. The van der Waals surface area contributed by atoms with Crippen LogP contribution in [0.2, 0.25) is 0 Å². The molecule has 0 saturated carbocycles. The monoisotopic (exact) mass is 224 g/mol. The van der Waals surface area contributed by atoms with Crippen molar-refractivity contribution in [1.29, 1.82) is 0 Å². The molecule has 2 nitrogen and oxygen atoms in total. The van der Waals surface area contributed by atoms with Gasteiger partial charge in [-0.05, 0) is 41.4 Å². The molecular formula is C9H9BrN2. The lowest BCUT2D eigenvalue weighted by Gasteiger charge is -2.00. The minimum atomic E-state index is 0.993. The number of hydrogen-bond donors (Lipinski definition) is 0. The van der Waals surface area contributed by atoms with Crippen molar-refractivity contribution in [2.75, 3.05) is 0 Å². The van der Waals surface area contributed by atoms with E-state index in [2.05, 4.69) is 38.3 Å². The maximum Gasteiger partial charge on any atom is 0.151 e. The lowest BCUT2D eigenvalue weighted by Crippen LogP contribution is -1.89. The second-order valence-corrected chi connectivity index (χ2v) is 3.70. The van der Waals surface area contributed by atoms with Gasteiger partial charge in [0.05, 0.1) is 4.47 Å². The van der Waals surface area contributed by atoms with E-state index in [0.29, 0.717) is 0 Å². The standard InChI is InChI=1S/C9H9BrN2/c1-6-3-4-12-7(2)5-11-9(12)8(6)10/h3-5H,1-2H3. The average molecular weight is 225 g/mol. The Bertz CT molecular complexity index is 431. The van der Waals surface area contributed by atoms with Crippen molar-refractivity contribution < 1.29 is 0 Å². The van der Waals surface area contributed by atoms with E-state index in [1.807, 2.05) is 19.3 Å². The van der Waals surface area contributed by atoms with Gasteiger partial charge in [-0.25, -0.2) is 4.98 Å². The number of imidazole rings is 1. The first-order valence-electron chi connectivity index (χ1n) is 3.79. The molecule has 0 amide bonds. The normalized spacial score (nSPS) is 10.9. The Labute approximate surface area is 79.4 Å². The van der Waals surface area contributed by atoms with Crippen molar-refractivity contribution in [2.45, 2.75) is 13.8 Å². The number of pyridine rings is 1. The minimum Gasteiger partial charge on any atom is -0.303 e. The molecule has 2 aromatic heterocycles. The van der Waals surface area contributed by atoms with Crippen LogP contribution < -0.4 is 0 Å². The van der Waals surface area contributed by atoms with Crippen molar-refractivity contribution in [2.24, 2.45) is 0 Å². The van der Waals surface area contributed by atoms with Gasteiger partial charge in [0.2, 0.25) is 0 Å². The summed E-state index contributed by atoms with van der Waals surface area (Å²) in [4.78, 5) is 4.29. The van der Waals surface area contributed by atoms with Gasteiger partial charge in [0.1, 0.15) is 0 Å². The predicted molar refractivity (Wildman–Crippen MR) is 52.4 cm³/mol. The molecule has 0 fully saturated rings. The number of hydrogen-bond acceptors (Lipinski definition) is 1. The Hall–Kier alpha value is -0.830. The third kappa shape index (κ3) is 0.966. The highest BCUT2D eigenvalue weighted by atomic mass is 79.9. The van der Waals surface area contributed by atoms with Gasteiger partial charge in [-0.2, -0.15) is 0 Å². The zero-order chi connectivity index (χ0) is 8.72. The second kappa shape index (κ2) is 2.59. The molecule has 0 saturated heterocycles. The SMILES string of the molecule is Cc1ccn2c(C)cnc2c1Br. The van der Waals surface area contributed by atoms with E-state index in [0.717, 1.165) is 15.8 Å². The van der Waals surface area contributed by atoms with E-state index in [1.54, 1.807) is 0 Å². The maximum absolute atomic E-state index is 4.29. The molecule has 0 aliphatic carbocycles. The summed E-state index contributed by atoms with van der Waals surface area (Å²) in [7, 11) is 0. The highest BCUT2D eigenvalue weighted by molar-refractivity contribution is 9.10. The number of rotatable bonds is 0. The van der Waals surface area contributed by atoms with Gasteiger partial charge in [0.25, 0.3) is 0 Å². The smallest absolute Gasteiger partial charge is 0.151 e. The Balaban J connectivity index is 2.93. The minimum absolute atomic E-state index is 0.993. The van der Waals surface area contributed by atoms with Crippen molar-refractivity contribution >= 4 is 21.6 Å². The summed E-state index contributed by atoms with van der Waals surface area (Å²) in [6.07, 6.45) is 3.91. The van der Waals surface area contributed by atoms with E-state index in [1.165, 1.54) is 5.56 Å². The average Bonchev–Trinajstić information content (AvgIpc) is 2.41. The molecule has 0 unspecified atom stereocenters. The van der Waals surface area contributed by atoms with Crippen molar-refractivity contribution in [1.82, 2.24) is 9.38 Å². The van der Waals surface area contributed by atoms with E-state index in [-0.39, 0.29) is 0 Å². The summed E-state index contributed by atoms with van der Waals surface area (Å²) in [6.45, 7) is 4.11. The zero-order valence-electron chi connectivity index (χ0n) is 7.00. The molecule has 3 heteroatoms. The van der Waals surface area contributed by atoms with Crippen LogP contribution in [0.3, 0.4) is 0 Å². The first-order valence-corrected chi connectivity index (χ1v) is 4.58. The van der Waals surface area contributed by atoms with Gasteiger partial charge in [-0.15, -0.1) is 0 Å². The van der Waals surface area contributed by atoms with Crippen LogP contribution in [0.5, 0.6) is 0 Å². The lowest BCUT2D eigenvalue weighted by molar-refractivity contribution is 1.09. The Morgan fingerprint density at radius 1 is 1.42 bits per heavy atom. The van der Waals surface area contributed by atoms with E-state index in [4.69, 9.17) is 0 Å². The van der Waals surface area contributed by atoms with Crippen LogP contribution in [0, 0.1) is 13.8 Å². The van der Waals surface area contributed by atoms with Crippen LogP contribution in [-0.4, -0.2) is 9.38 Å². The molecule has 0 radical (unpaired) electrons. The number of aromatic nitrogens is 2. The first-order chi connectivity index (χ1) is 5.70. The molecule has 2 rings (SSSR count).